The van der Waals surface area contributed by atoms with Crippen molar-refractivity contribution in [3.05, 3.63) is 28.9 Å². The summed E-state index contributed by atoms with van der Waals surface area (Å²) in [6.07, 6.45) is 3.23. The average Bonchev–Trinajstić information content (AvgIpc) is 2.63. The molecule has 0 saturated heterocycles. The van der Waals surface area contributed by atoms with Crippen LogP contribution in [0.1, 0.15) is 19.9 Å². The lowest BCUT2D eigenvalue weighted by atomic mass is 10.4. The van der Waals surface area contributed by atoms with Crippen molar-refractivity contribution in [1.29, 1.82) is 0 Å². The van der Waals surface area contributed by atoms with Crippen molar-refractivity contribution in [3.63, 3.8) is 0 Å². The zero-order valence-electron chi connectivity index (χ0n) is 9.54. The lowest BCUT2D eigenvalue weighted by Gasteiger charge is -2.09. The van der Waals surface area contributed by atoms with Crippen LogP contribution >= 0.6 is 11.8 Å². The minimum Gasteiger partial charge on any atom is -0.397 e. The summed E-state index contributed by atoms with van der Waals surface area (Å²) in [7, 11) is 0. The molecule has 0 amide bonds. The van der Waals surface area contributed by atoms with Gasteiger partial charge in [0.2, 0.25) is 0 Å². The van der Waals surface area contributed by atoms with Crippen LogP contribution < -0.4 is 11.4 Å². The zero-order chi connectivity index (χ0) is 12.4. The summed E-state index contributed by atoms with van der Waals surface area (Å²) in [6.45, 7) is 3.85. The van der Waals surface area contributed by atoms with E-state index < -0.39 is 0 Å². The van der Waals surface area contributed by atoms with Gasteiger partial charge >= 0.3 is 5.69 Å². The van der Waals surface area contributed by atoms with E-state index in [-0.39, 0.29) is 11.7 Å². The second-order valence-electron chi connectivity index (χ2n) is 3.79. The molecule has 2 rings (SSSR count). The Morgan fingerprint density at radius 2 is 2.29 bits per heavy atom. The highest BCUT2D eigenvalue weighted by Gasteiger charge is 2.13. The molecule has 0 atom stereocenters. The molecule has 6 nitrogen and oxygen atoms in total. The maximum atomic E-state index is 11.5. The molecule has 0 fully saturated rings. The number of aromatic amines is 1. The number of H-pyrrole nitrogens is 1. The number of nitrogens with one attached hydrogen (secondary N) is 1. The van der Waals surface area contributed by atoms with Gasteiger partial charge < -0.3 is 5.73 Å². The average molecular weight is 251 g/mol. The number of hydrogen-bond acceptors (Lipinski definition) is 5. The zero-order valence-corrected chi connectivity index (χ0v) is 10.4. The predicted octanol–water partition coefficient (Wildman–Crippen LogP) is 1.28. The van der Waals surface area contributed by atoms with Gasteiger partial charge in [0, 0.05) is 17.1 Å². The third-order valence-electron chi connectivity index (χ3n) is 2.20. The Bertz CT molecular complexity index is 574. The van der Waals surface area contributed by atoms with Crippen molar-refractivity contribution in [2.24, 2.45) is 0 Å². The summed E-state index contributed by atoms with van der Waals surface area (Å²) in [5.74, 6) is 0. The first-order valence-corrected chi connectivity index (χ1v) is 5.95. The summed E-state index contributed by atoms with van der Waals surface area (Å²) < 4.78 is 1.59. The molecule has 2 heterocycles. The van der Waals surface area contributed by atoms with Gasteiger partial charge in [-0.3, -0.25) is 9.55 Å². The molecule has 0 aliphatic rings. The Labute approximate surface area is 102 Å². The summed E-state index contributed by atoms with van der Waals surface area (Å²) in [4.78, 5) is 16.3. The fourth-order valence-corrected chi connectivity index (χ4v) is 2.38. The molecule has 0 bridgehead atoms. The SMILES string of the molecule is CC(C)n1c(Sc2ccncc2N)n[nH]c1=O. The largest absolute Gasteiger partial charge is 0.397 e. The van der Waals surface area contributed by atoms with E-state index in [1.54, 1.807) is 23.0 Å². The molecule has 0 spiro atoms. The minimum atomic E-state index is -0.213. The first kappa shape index (κ1) is 11.7. The van der Waals surface area contributed by atoms with Crippen LogP contribution in [0.4, 0.5) is 5.69 Å². The Morgan fingerprint density at radius 3 is 2.94 bits per heavy atom. The van der Waals surface area contributed by atoms with Crippen molar-refractivity contribution in [1.82, 2.24) is 19.7 Å². The molecule has 3 N–H and O–H groups in total. The molecule has 0 unspecified atom stereocenters. The second-order valence-corrected chi connectivity index (χ2v) is 4.80. The highest BCUT2D eigenvalue weighted by Crippen LogP contribution is 2.30. The van der Waals surface area contributed by atoms with Crippen LogP contribution in [0.3, 0.4) is 0 Å². The van der Waals surface area contributed by atoms with Gasteiger partial charge in [0.15, 0.2) is 5.16 Å². The van der Waals surface area contributed by atoms with Gasteiger partial charge in [0.25, 0.3) is 0 Å². The van der Waals surface area contributed by atoms with Crippen molar-refractivity contribution < 1.29 is 0 Å². The quantitative estimate of drug-likeness (QED) is 0.857. The van der Waals surface area contributed by atoms with Crippen LogP contribution in [-0.4, -0.2) is 19.7 Å². The summed E-state index contributed by atoms with van der Waals surface area (Å²) in [5.41, 5.74) is 6.15. The molecule has 0 saturated carbocycles. The van der Waals surface area contributed by atoms with E-state index in [1.165, 1.54) is 11.8 Å². The molecule has 0 radical (unpaired) electrons. The van der Waals surface area contributed by atoms with Gasteiger partial charge in [0.1, 0.15) is 0 Å². The van der Waals surface area contributed by atoms with E-state index in [0.29, 0.717) is 10.8 Å². The Morgan fingerprint density at radius 1 is 1.53 bits per heavy atom. The number of nitrogens with zero attached hydrogens (tertiary/aromatic N) is 3. The number of pyridine rings is 1. The molecular weight excluding hydrogens is 238 g/mol. The molecule has 2 aromatic heterocycles. The topological polar surface area (TPSA) is 89.6 Å². The van der Waals surface area contributed by atoms with Gasteiger partial charge in [0.05, 0.1) is 11.9 Å². The maximum Gasteiger partial charge on any atom is 0.344 e. The molecule has 17 heavy (non-hydrogen) atoms. The maximum absolute atomic E-state index is 11.5. The van der Waals surface area contributed by atoms with E-state index in [9.17, 15) is 4.79 Å². The third kappa shape index (κ3) is 2.33. The van der Waals surface area contributed by atoms with Gasteiger partial charge in [-0.2, -0.15) is 0 Å². The van der Waals surface area contributed by atoms with Crippen LogP contribution in [0.5, 0.6) is 0 Å². The van der Waals surface area contributed by atoms with Crippen molar-refractivity contribution in [2.45, 2.75) is 29.9 Å². The van der Waals surface area contributed by atoms with Crippen molar-refractivity contribution in [3.8, 4) is 0 Å². The Balaban J connectivity index is 2.37. The predicted molar refractivity (Wildman–Crippen MR) is 66.0 cm³/mol. The molecule has 0 aliphatic carbocycles. The number of anilines is 1. The van der Waals surface area contributed by atoms with Gasteiger partial charge in [-0.25, -0.2) is 9.89 Å². The number of nitrogen functional groups attached to an aromatic ring is 1. The Kier molecular flexibility index (Phi) is 3.19. The van der Waals surface area contributed by atoms with Gasteiger partial charge in [-0.1, -0.05) is 0 Å². The summed E-state index contributed by atoms with van der Waals surface area (Å²) in [6, 6.07) is 1.84. The fourth-order valence-electron chi connectivity index (χ4n) is 1.40. The molecule has 0 aliphatic heterocycles. The van der Waals surface area contributed by atoms with Crippen LogP contribution in [0, 0.1) is 0 Å². The van der Waals surface area contributed by atoms with Crippen LogP contribution in [0.2, 0.25) is 0 Å². The smallest absolute Gasteiger partial charge is 0.344 e. The van der Waals surface area contributed by atoms with Crippen molar-refractivity contribution >= 4 is 17.4 Å². The van der Waals surface area contributed by atoms with Gasteiger partial charge in [-0.15, -0.1) is 5.10 Å². The van der Waals surface area contributed by atoms with E-state index in [2.05, 4.69) is 15.2 Å². The normalized spacial score (nSPS) is 11.0. The highest BCUT2D eigenvalue weighted by atomic mass is 32.2. The van der Waals surface area contributed by atoms with E-state index >= 15 is 0 Å². The molecule has 2 aromatic rings. The molecule has 0 aromatic carbocycles. The monoisotopic (exact) mass is 251 g/mol. The van der Waals surface area contributed by atoms with E-state index in [1.807, 2.05) is 13.8 Å². The van der Waals surface area contributed by atoms with Gasteiger partial charge in [-0.05, 0) is 31.7 Å². The van der Waals surface area contributed by atoms with Crippen LogP contribution in [0.25, 0.3) is 0 Å². The van der Waals surface area contributed by atoms with E-state index in [0.717, 1.165) is 4.90 Å². The standard InChI is InChI=1S/C10H13N5OS/c1-6(2)15-9(16)13-14-10(15)17-8-3-4-12-5-7(8)11/h3-6H,11H2,1-2H3,(H,13,16). The number of rotatable bonds is 3. The first-order chi connectivity index (χ1) is 8.09. The molecule has 7 heteroatoms. The van der Waals surface area contributed by atoms with E-state index in [4.69, 9.17) is 5.73 Å². The number of nitrogens with two attached hydrogens (primary N) is 1. The minimum absolute atomic E-state index is 0.0480. The van der Waals surface area contributed by atoms with Crippen LogP contribution in [-0.2, 0) is 0 Å². The Hall–Kier alpha value is -1.76. The number of aromatic nitrogens is 4. The number of hydrogen-bond donors (Lipinski definition) is 2. The second kappa shape index (κ2) is 4.62. The molecule has 90 valence electrons. The lowest BCUT2D eigenvalue weighted by molar-refractivity contribution is 0.534. The highest BCUT2D eigenvalue weighted by molar-refractivity contribution is 7.99. The third-order valence-corrected chi connectivity index (χ3v) is 3.26. The molecular formula is C10H13N5OS. The lowest BCUT2D eigenvalue weighted by Crippen LogP contribution is -2.19. The summed E-state index contributed by atoms with van der Waals surface area (Å²) in [5, 5.41) is 7.02. The summed E-state index contributed by atoms with van der Waals surface area (Å²) >= 11 is 1.35. The first-order valence-electron chi connectivity index (χ1n) is 5.14. The fraction of sp³-hybridized carbons (Fsp3) is 0.300. The van der Waals surface area contributed by atoms with Crippen LogP contribution in [0.15, 0.2) is 33.3 Å². The van der Waals surface area contributed by atoms with Crippen molar-refractivity contribution in [2.75, 3.05) is 5.73 Å².